The van der Waals surface area contributed by atoms with Crippen molar-refractivity contribution in [3.63, 3.8) is 0 Å². The largest absolute Gasteiger partial charge is 0.378 e. The third kappa shape index (κ3) is 3.33. The van der Waals surface area contributed by atoms with Gasteiger partial charge in [0, 0.05) is 20.7 Å². The monoisotopic (exact) mass is 353 g/mol. The summed E-state index contributed by atoms with van der Waals surface area (Å²) in [6.45, 7) is 2.16. The highest BCUT2D eigenvalue weighted by Gasteiger charge is 2.06. The molecule has 1 atom stereocenters. The number of halogens is 2. The van der Waals surface area contributed by atoms with Crippen LogP contribution < -0.4 is 5.32 Å². The lowest BCUT2D eigenvalue weighted by atomic mass is 10.1. The Kier molecular flexibility index (Phi) is 4.24. The van der Waals surface area contributed by atoms with E-state index < -0.39 is 0 Å². The highest BCUT2D eigenvalue weighted by molar-refractivity contribution is 9.11. The van der Waals surface area contributed by atoms with Crippen LogP contribution in [-0.2, 0) is 0 Å². The lowest BCUT2D eigenvalue weighted by Gasteiger charge is -2.17. The highest BCUT2D eigenvalue weighted by Crippen LogP contribution is 2.29. The predicted molar refractivity (Wildman–Crippen MR) is 80.3 cm³/mol. The van der Waals surface area contributed by atoms with Gasteiger partial charge < -0.3 is 5.32 Å². The first-order valence-electron chi connectivity index (χ1n) is 5.43. The van der Waals surface area contributed by atoms with Gasteiger partial charge in [-0.1, -0.05) is 46.3 Å². The SMILES string of the molecule is CC(Nc1ccc(Br)cc1Br)c1ccccc1. The Morgan fingerprint density at radius 3 is 2.35 bits per heavy atom. The molecule has 0 saturated heterocycles. The molecule has 0 heterocycles. The normalized spacial score (nSPS) is 12.2. The molecule has 0 aromatic heterocycles. The van der Waals surface area contributed by atoms with E-state index in [1.807, 2.05) is 18.2 Å². The Bertz CT molecular complexity index is 497. The van der Waals surface area contributed by atoms with Gasteiger partial charge in [-0.25, -0.2) is 0 Å². The number of benzene rings is 2. The van der Waals surface area contributed by atoms with Crippen molar-refractivity contribution in [3.8, 4) is 0 Å². The van der Waals surface area contributed by atoms with Crippen LogP contribution in [0, 0.1) is 0 Å². The first kappa shape index (κ1) is 12.7. The van der Waals surface area contributed by atoms with Crippen LogP contribution in [0.3, 0.4) is 0 Å². The van der Waals surface area contributed by atoms with Crippen molar-refractivity contribution in [1.82, 2.24) is 0 Å². The van der Waals surface area contributed by atoms with Crippen LogP contribution >= 0.6 is 31.9 Å². The molecule has 0 fully saturated rings. The minimum absolute atomic E-state index is 0.286. The predicted octanol–water partition coefficient (Wildman–Crippen LogP) is 5.38. The fraction of sp³-hybridized carbons (Fsp3) is 0.143. The van der Waals surface area contributed by atoms with Crippen LogP contribution in [0.4, 0.5) is 5.69 Å². The molecule has 0 aliphatic carbocycles. The molecule has 0 amide bonds. The van der Waals surface area contributed by atoms with Gasteiger partial charge in [-0.15, -0.1) is 0 Å². The maximum atomic E-state index is 3.56. The lowest BCUT2D eigenvalue weighted by Crippen LogP contribution is -2.06. The molecule has 3 heteroatoms. The summed E-state index contributed by atoms with van der Waals surface area (Å²) >= 11 is 7.01. The summed E-state index contributed by atoms with van der Waals surface area (Å²) in [5.74, 6) is 0. The standard InChI is InChI=1S/C14H13Br2N/c1-10(11-5-3-2-4-6-11)17-14-8-7-12(15)9-13(14)16/h2-10,17H,1H3. The van der Waals surface area contributed by atoms with E-state index in [-0.39, 0.29) is 6.04 Å². The third-order valence-electron chi connectivity index (χ3n) is 2.60. The molecular formula is C14H13Br2N. The van der Waals surface area contributed by atoms with Crippen molar-refractivity contribution in [1.29, 1.82) is 0 Å². The molecule has 0 aliphatic heterocycles. The van der Waals surface area contributed by atoms with E-state index in [0.29, 0.717) is 0 Å². The average molecular weight is 355 g/mol. The van der Waals surface area contributed by atoms with Gasteiger partial charge in [-0.3, -0.25) is 0 Å². The van der Waals surface area contributed by atoms with Gasteiger partial charge in [0.05, 0.1) is 0 Å². The topological polar surface area (TPSA) is 12.0 Å². The summed E-state index contributed by atoms with van der Waals surface area (Å²) < 4.78 is 2.14. The Morgan fingerprint density at radius 1 is 1.00 bits per heavy atom. The zero-order valence-electron chi connectivity index (χ0n) is 9.45. The minimum atomic E-state index is 0.286. The zero-order chi connectivity index (χ0) is 12.3. The molecule has 1 nitrogen and oxygen atoms in total. The van der Waals surface area contributed by atoms with Crippen LogP contribution in [0.5, 0.6) is 0 Å². The maximum Gasteiger partial charge on any atom is 0.0490 e. The number of nitrogens with one attached hydrogen (secondary N) is 1. The van der Waals surface area contributed by atoms with E-state index in [4.69, 9.17) is 0 Å². The second-order valence-corrected chi connectivity index (χ2v) is 5.67. The first-order chi connectivity index (χ1) is 8.16. The van der Waals surface area contributed by atoms with E-state index in [9.17, 15) is 0 Å². The number of rotatable bonds is 3. The Morgan fingerprint density at radius 2 is 1.71 bits per heavy atom. The molecule has 2 aromatic rings. The quantitative estimate of drug-likeness (QED) is 0.779. The molecule has 0 spiro atoms. The average Bonchev–Trinajstić information content (AvgIpc) is 2.34. The molecule has 1 unspecified atom stereocenters. The van der Waals surface area contributed by atoms with Crippen molar-refractivity contribution in [2.45, 2.75) is 13.0 Å². The molecule has 1 N–H and O–H groups in total. The van der Waals surface area contributed by atoms with E-state index in [2.05, 4.69) is 74.4 Å². The van der Waals surface area contributed by atoms with Crippen LogP contribution in [-0.4, -0.2) is 0 Å². The Labute approximate surface area is 119 Å². The van der Waals surface area contributed by atoms with Crippen LogP contribution in [0.15, 0.2) is 57.5 Å². The molecule has 2 rings (SSSR count). The van der Waals surface area contributed by atoms with E-state index in [1.54, 1.807) is 0 Å². The van der Waals surface area contributed by atoms with Gasteiger partial charge in [-0.05, 0) is 46.6 Å². The zero-order valence-corrected chi connectivity index (χ0v) is 12.6. The summed E-state index contributed by atoms with van der Waals surface area (Å²) in [6.07, 6.45) is 0. The van der Waals surface area contributed by atoms with Crippen molar-refractivity contribution >= 4 is 37.5 Å². The van der Waals surface area contributed by atoms with E-state index in [0.717, 1.165) is 14.6 Å². The van der Waals surface area contributed by atoms with Crippen molar-refractivity contribution in [3.05, 3.63) is 63.0 Å². The smallest absolute Gasteiger partial charge is 0.0490 e. The molecule has 17 heavy (non-hydrogen) atoms. The number of anilines is 1. The fourth-order valence-electron chi connectivity index (χ4n) is 1.66. The van der Waals surface area contributed by atoms with Crippen LogP contribution in [0.25, 0.3) is 0 Å². The van der Waals surface area contributed by atoms with Gasteiger partial charge in [0.15, 0.2) is 0 Å². The summed E-state index contributed by atoms with van der Waals surface area (Å²) in [5.41, 5.74) is 2.38. The summed E-state index contributed by atoms with van der Waals surface area (Å²) in [7, 11) is 0. The van der Waals surface area contributed by atoms with E-state index >= 15 is 0 Å². The molecular weight excluding hydrogens is 342 g/mol. The molecule has 0 aliphatic rings. The molecule has 0 radical (unpaired) electrons. The van der Waals surface area contributed by atoms with Crippen LogP contribution in [0.1, 0.15) is 18.5 Å². The van der Waals surface area contributed by atoms with Gasteiger partial charge in [0.2, 0.25) is 0 Å². The summed E-state index contributed by atoms with van der Waals surface area (Å²) in [5, 5.41) is 3.49. The third-order valence-corrected chi connectivity index (χ3v) is 3.75. The first-order valence-corrected chi connectivity index (χ1v) is 7.02. The summed E-state index contributed by atoms with van der Waals surface area (Å²) in [6, 6.07) is 16.8. The fourth-order valence-corrected chi connectivity index (χ4v) is 2.83. The van der Waals surface area contributed by atoms with Gasteiger partial charge >= 0.3 is 0 Å². The summed E-state index contributed by atoms with van der Waals surface area (Å²) in [4.78, 5) is 0. The second-order valence-electron chi connectivity index (χ2n) is 3.90. The van der Waals surface area contributed by atoms with Crippen molar-refractivity contribution in [2.24, 2.45) is 0 Å². The lowest BCUT2D eigenvalue weighted by molar-refractivity contribution is 0.883. The molecule has 0 saturated carbocycles. The second kappa shape index (κ2) is 5.69. The van der Waals surface area contributed by atoms with Gasteiger partial charge in [0.25, 0.3) is 0 Å². The number of hydrogen-bond donors (Lipinski definition) is 1. The van der Waals surface area contributed by atoms with Crippen molar-refractivity contribution < 1.29 is 0 Å². The minimum Gasteiger partial charge on any atom is -0.378 e. The van der Waals surface area contributed by atoms with Crippen molar-refractivity contribution in [2.75, 3.05) is 5.32 Å². The highest BCUT2D eigenvalue weighted by atomic mass is 79.9. The van der Waals surface area contributed by atoms with Gasteiger partial charge in [0.1, 0.15) is 0 Å². The Balaban J connectivity index is 2.16. The molecule has 2 aromatic carbocycles. The molecule has 0 bridgehead atoms. The molecule has 88 valence electrons. The Hall–Kier alpha value is -0.800. The van der Waals surface area contributed by atoms with E-state index in [1.165, 1.54) is 5.56 Å². The number of hydrogen-bond acceptors (Lipinski definition) is 1. The van der Waals surface area contributed by atoms with Gasteiger partial charge in [-0.2, -0.15) is 0 Å². The maximum absolute atomic E-state index is 3.56. The van der Waals surface area contributed by atoms with Crippen LogP contribution in [0.2, 0.25) is 0 Å².